The second kappa shape index (κ2) is 4.16. The van der Waals surface area contributed by atoms with Crippen LogP contribution in [0.15, 0.2) is 6.07 Å². The monoisotopic (exact) mass is 281 g/mol. The largest absolute Gasteiger partial charge is 0.375 e. The molecule has 1 aromatic rings. The zero-order chi connectivity index (χ0) is 11.9. The summed E-state index contributed by atoms with van der Waals surface area (Å²) in [6.45, 7) is 0.161. The van der Waals surface area contributed by atoms with Gasteiger partial charge < -0.3 is 10.6 Å². The van der Waals surface area contributed by atoms with E-state index in [0.29, 0.717) is 16.4 Å². The average molecular weight is 283 g/mol. The lowest BCUT2D eigenvalue weighted by Gasteiger charge is -2.24. The number of benzene rings is 1. The molecule has 1 unspecified atom stereocenters. The minimum atomic E-state index is -0.928. The number of fused-ring (bicyclic) bond motifs is 1. The van der Waals surface area contributed by atoms with E-state index in [-0.39, 0.29) is 16.6 Å². The Morgan fingerprint density at radius 2 is 2.06 bits per heavy atom. The molecule has 2 N–H and O–H groups in total. The average Bonchev–Trinajstić information content (AvgIpc) is 2.25. The van der Waals surface area contributed by atoms with E-state index in [9.17, 15) is 10.1 Å². The smallest absolute Gasteiger partial charge is 0.302 e. The first-order valence-electron chi connectivity index (χ1n) is 4.32. The lowest BCUT2D eigenvalue weighted by Crippen LogP contribution is -2.39. The highest BCUT2D eigenvalue weighted by atomic mass is 35.5. The Morgan fingerprint density at radius 3 is 2.69 bits per heavy atom. The zero-order valence-electron chi connectivity index (χ0n) is 7.76. The Hall–Kier alpha value is -0.910. The lowest BCUT2D eigenvalue weighted by molar-refractivity contribution is -0.511. The highest BCUT2D eigenvalue weighted by Gasteiger charge is 2.28. The summed E-state index contributed by atoms with van der Waals surface area (Å²) in [5.41, 5.74) is 1.02. The molecule has 0 spiro atoms. The summed E-state index contributed by atoms with van der Waals surface area (Å²) in [6.07, 6.45) is -0.928. The van der Waals surface area contributed by atoms with E-state index >= 15 is 0 Å². The van der Waals surface area contributed by atoms with Gasteiger partial charge in [0.25, 0.3) is 0 Å². The van der Waals surface area contributed by atoms with Crippen molar-refractivity contribution in [2.75, 3.05) is 17.2 Å². The van der Waals surface area contributed by atoms with Gasteiger partial charge in [0.1, 0.15) is 6.54 Å². The van der Waals surface area contributed by atoms with Gasteiger partial charge in [-0.2, -0.15) is 0 Å². The molecule has 16 heavy (non-hydrogen) atoms. The number of hydrogen-bond acceptors (Lipinski definition) is 4. The summed E-state index contributed by atoms with van der Waals surface area (Å²) in [5, 5.41) is 16.9. The molecule has 0 fully saturated rings. The van der Waals surface area contributed by atoms with E-state index in [4.69, 9.17) is 34.8 Å². The second-order valence-corrected chi connectivity index (χ2v) is 4.40. The molecule has 0 aromatic heterocycles. The summed E-state index contributed by atoms with van der Waals surface area (Å²) in [6, 6.07) is 1.58. The number of nitrogens with zero attached hydrogens (tertiary/aromatic N) is 1. The van der Waals surface area contributed by atoms with Crippen LogP contribution < -0.4 is 10.6 Å². The normalized spacial score (nSPS) is 18.3. The molecule has 1 aromatic carbocycles. The second-order valence-electron chi connectivity index (χ2n) is 3.24. The molecule has 8 heteroatoms. The van der Waals surface area contributed by atoms with E-state index in [1.54, 1.807) is 6.07 Å². The molecular weight excluding hydrogens is 276 g/mol. The Morgan fingerprint density at radius 1 is 1.38 bits per heavy atom. The van der Waals surface area contributed by atoms with Crippen LogP contribution in [0.2, 0.25) is 15.1 Å². The fourth-order valence-electron chi connectivity index (χ4n) is 1.43. The quantitative estimate of drug-likeness (QED) is 0.472. The maximum absolute atomic E-state index is 10.6. The maximum atomic E-state index is 10.6. The van der Waals surface area contributed by atoms with E-state index in [0.717, 1.165) is 0 Å². The summed E-state index contributed by atoms with van der Waals surface area (Å²) in [7, 11) is 0. The van der Waals surface area contributed by atoms with Crippen molar-refractivity contribution >= 4 is 46.2 Å². The molecule has 0 aliphatic carbocycles. The van der Waals surface area contributed by atoms with Gasteiger partial charge in [0.15, 0.2) is 0 Å². The molecule has 1 aliphatic heterocycles. The number of nitro groups is 1. The highest BCUT2D eigenvalue weighted by molar-refractivity contribution is 6.49. The summed E-state index contributed by atoms with van der Waals surface area (Å²) < 4.78 is 0. The van der Waals surface area contributed by atoms with Gasteiger partial charge in [0.05, 0.1) is 26.4 Å². The molecule has 0 radical (unpaired) electrons. The van der Waals surface area contributed by atoms with Crippen molar-refractivity contribution in [2.24, 2.45) is 0 Å². The topological polar surface area (TPSA) is 67.2 Å². The number of hydrogen-bond donors (Lipinski definition) is 2. The molecule has 2 rings (SSSR count). The maximum Gasteiger partial charge on any atom is 0.302 e. The van der Waals surface area contributed by atoms with Crippen LogP contribution in [0.1, 0.15) is 0 Å². The number of anilines is 2. The third-order valence-electron chi connectivity index (χ3n) is 2.21. The van der Waals surface area contributed by atoms with Crippen LogP contribution in [0.3, 0.4) is 0 Å². The van der Waals surface area contributed by atoms with Gasteiger partial charge in [0, 0.05) is 4.92 Å². The van der Waals surface area contributed by atoms with Gasteiger partial charge in [0.2, 0.25) is 0 Å². The van der Waals surface area contributed by atoms with Gasteiger partial charge in [-0.15, -0.1) is 0 Å². The first kappa shape index (κ1) is 11.6. The van der Waals surface area contributed by atoms with Crippen molar-refractivity contribution in [3.8, 4) is 0 Å². The Balaban J connectivity index is 2.45. The molecule has 0 saturated heterocycles. The minimum absolute atomic E-state index is 0.161. The van der Waals surface area contributed by atoms with E-state index in [1.807, 2.05) is 0 Å². The molecule has 86 valence electrons. The summed E-state index contributed by atoms with van der Waals surface area (Å²) in [5.74, 6) is 0. The van der Waals surface area contributed by atoms with Gasteiger partial charge >= 0.3 is 6.17 Å². The lowest BCUT2D eigenvalue weighted by atomic mass is 10.2. The van der Waals surface area contributed by atoms with E-state index in [1.165, 1.54) is 0 Å². The minimum Gasteiger partial charge on any atom is -0.375 e. The van der Waals surface area contributed by atoms with Crippen LogP contribution in [0, 0.1) is 10.1 Å². The Bertz CT molecular complexity index is 466. The fraction of sp³-hybridized carbons (Fsp3) is 0.250. The third-order valence-corrected chi connectivity index (χ3v) is 3.48. The van der Waals surface area contributed by atoms with Crippen LogP contribution in [-0.4, -0.2) is 17.6 Å². The molecule has 1 heterocycles. The number of rotatable bonds is 1. The van der Waals surface area contributed by atoms with Gasteiger partial charge in [-0.3, -0.25) is 10.1 Å². The molecule has 1 atom stereocenters. The fourth-order valence-corrected chi connectivity index (χ4v) is 2.09. The molecular formula is C8H6Cl3N3O2. The van der Waals surface area contributed by atoms with Crippen LogP contribution in [-0.2, 0) is 0 Å². The first-order chi connectivity index (χ1) is 7.50. The predicted molar refractivity (Wildman–Crippen MR) is 64.4 cm³/mol. The summed E-state index contributed by atoms with van der Waals surface area (Å²) in [4.78, 5) is 10.2. The Labute approximate surface area is 106 Å². The van der Waals surface area contributed by atoms with Crippen molar-refractivity contribution in [3.05, 3.63) is 31.2 Å². The van der Waals surface area contributed by atoms with Crippen molar-refractivity contribution < 1.29 is 4.92 Å². The molecule has 1 aliphatic rings. The van der Waals surface area contributed by atoms with Crippen LogP contribution in [0.5, 0.6) is 0 Å². The molecule has 0 bridgehead atoms. The van der Waals surface area contributed by atoms with Gasteiger partial charge in [-0.05, 0) is 6.07 Å². The predicted octanol–water partition coefficient (Wildman–Crippen LogP) is 3.09. The van der Waals surface area contributed by atoms with Crippen LogP contribution in [0.4, 0.5) is 11.4 Å². The van der Waals surface area contributed by atoms with Crippen molar-refractivity contribution in [1.29, 1.82) is 0 Å². The molecule has 5 nitrogen and oxygen atoms in total. The van der Waals surface area contributed by atoms with E-state index < -0.39 is 11.1 Å². The van der Waals surface area contributed by atoms with Crippen LogP contribution in [0.25, 0.3) is 0 Å². The number of nitrogens with one attached hydrogen (secondary N) is 2. The summed E-state index contributed by atoms with van der Waals surface area (Å²) >= 11 is 17.6. The van der Waals surface area contributed by atoms with Gasteiger partial charge in [-0.1, -0.05) is 34.8 Å². The third kappa shape index (κ3) is 1.86. The molecule has 0 saturated carbocycles. The van der Waals surface area contributed by atoms with Crippen molar-refractivity contribution in [2.45, 2.75) is 6.17 Å². The Kier molecular flexibility index (Phi) is 3.01. The SMILES string of the molecule is O=[N+]([O-])C1CNc2cc(Cl)c(Cl)c(Cl)c2N1. The molecule has 0 amide bonds. The standard InChI is InChI=1S/C8H6Cl3N3O2/c9-3-1-4-8(7(11)6(3)10)13-5(2-12-4)14(15)16/h1,5,12-13H,2H2. The zero-order valence-corrected chi connectivity index (χ0v) is 10.0. The van der Waals surface area contributed by atoms with Crippen molar-refractivity contribution in [1.82, 2.24) is 0 Å². The first-order valence-corrected chi connectivity index (χ1v) is 5.45. The van der Waals surface area contributed by atoms with Gasteiger partial charge in [-0.25, -0.2) is 0 Å². The van der Waals surface area contributed by atoms with Crippen molar-refractivity contribution in [3.63, 3.8) is 0 Å². The number of halogens is 3. The van der Waals surface area contributed by atoms with Crippen LogP contribution >= 0.6 is 34.8 Å². The highest BCUT2D eigenvalue weighted by Crippen LogP contribution is 2.42. The van der Waals surface area contributed by atoms with E-state index in [2.05, 4.69) is 10.6 Å².